The van der Waals surface area contributed by atoms with Gasteiger partial charge in [0.25, 0.3) is 0 Å². The Morgan fingerprint density at radius 1 is 1.46 bits per heavy atom. The summed E-state index contributed by atoms with van der Waals surface area (Å²) >= 11 is 1.55. The van der Waals surface area contributed by atoms with Crippen molar-refractivity contribution in [3.63, 3.8) is 0 Å². The molecule has 0 bridgehead atoms. The zero-order valence-corrected chi connectivity index (χ0v) is 16.0. The maximum absolute atomic E-state index is 11.9. The van der Waals surface area contributed by atoms with Gasteiger partial charge in [-0.25, -0.2) is 9.78 Å². The maximum Gasteiger partial charge on any atom is 0.407 e. The van der Waals surface area contributed by atoms with Crippen molar-refractivity contribution in [3.8, 4) is 16.6 Å². The number of ether oxygens (including phenoxy) is 1. The summed E-state index contributed by atoms with van der Waals surface area (Å²) in [6.45, 7) is 6.97. The van der Waals surface area contributed by atoms with E-state index in [1.807, 2.05) is 44.4 Å². The second-order valence-electron chi connectivity index (χ2n) is 7.26. The fourth-order valence-electron chi connectivity index (χ4n) is 2.97. The minimum atomic E-state index is -0.512. The minimum Gasteiger partial charge on any atom is -0.444 e. The molecule has 3 rings (SSSR count). The Labute approximate surface area is 157 Å². The van der Waals surface area contributed by atoms with Gasteiger partial charge >= 0.3 is 6.09 Å². The monoisotopic (exact) mass is 370 g/mol. The van der Waals surface area contributed by atoms with Crippen molar-refractivity contribution in [1.29, 1.82) is 5.26 Å². The molecule has 7 heteroatoms. The number of benzene rings is 1. The molecule has 1 aliphatic heterocycles. The molecule has 6 nitrogen and oxygen atoms in total. The van der Waals surface area contributed by atoms with Crippen molar-refractivity contribution < 1.29 is 9.53 Å². The van der Waals surface area contributed by atoms with E-state index in [2.05, 4.69) is 21.3 Å². The third-order valence-electron chi connectivity index (χ3n) is 4.05. The first-order valence-corrected chi connectivity index (χ1v) is 9.42. The second-order valence-corrected chi connectivity index (χ2v) is 8.15. The van der Waals surface area contributed by atoms with Gasteiger partial charge in [0.05, 0.1) is 17.3 Å². The SMILES string of the molecule is CC(C)(C)OC(=O)N[C@H]1CCN(c2ccc(-c3nccs3)cc2C#N)C1. The van der Waals surface area contributed by atoms with Gasteiger partial charge in [0.2, 0.25) is 0 Å². The van der Waals surface area contributed by atoms with Crippen molar-refractivity contribution in [3.05, 3.63) is 35.3 Å². The molecule has 1 fully saturated rings. The smallest absolute Gasteiger partial charge is 0.407 e. The van der Waals surface area contributed by atoms with Gasteiger partial charge in [-0.05, 0) is 45.4 Å². The van der Waals surface area contributed by atoms with E-state index in [4.69, 9.17) is 4.74 Å². The van der Waals surface area contributed by atoms with Crippen LogP contribution in [0.15, 0.2) is 29.8 Å². The van der Waals surface area contributed by atoms with Crippen LogP contribution in [0.1, 0.15) is 32.8 Å². The molecular formula is C19H22N4O2S. The molecule has 1 amide bonds. The summed E-state index contributed by atoms with van der Waals surface area (Å²) < 4.78 is 5.32. The molecule has 1 aromatic heterocycles. The minimum absolute atomic E-state index is 0.00929. The molecule has 2 heterocycles. The highest BCUT2D eigenvalue weighted by Crippen LogP contribution is 2.30. The number of anilines is 1. The molecule has 0 saturated carbocycles. The Balaban J connectivity index is 1.69. The van der Waals surface area contributed by atoms with Crippen LogP contribution in [0.3, 0.4) is 0 Å². The summed E-state index contributed by atoms with van der Waals surface area (Å²) in [5.41, 5.74) is 1.95. The van der Waals surface area contributed by atoms with E-state index in [0.29, 0.717) is 12.1 Å². The number of nitrogens with zero attached hydrogens (tertiary/aromatic N) is 3. The second kappa shape index (κ2) is 7.34. The van der Waals surface area contributed by atoms with Gasteiger partial charge in [0.1, 0.15) is 16.7 Å². The molecule has 0 spiro atoms. The quantitative estimate of drug-likeness (QED) is 0.889. The van der Waals surface area contributed by atoms with Crippen molar-refractivity contribution in [2.45, 2.75) is 38.8 Å². The molecule has 0 radical (unpaired) electrons. The van der Waals surface area contributed by atoms with E-state index in [9.17, 15) is 10.1 Å². The number of carbonyl (C=O) groups excluding carboxylic acids is 1. The van der Waals surface area contributed by atoms with Crippen LogP contribution in [0.4, 0.5) is 10.5 Å². The normalized spacial score (nSPS) is 17.0. The third kappa shape index (κ3) is 4.33. The molecule has 26 heavy (non-hydrogen) atoms. The molecule has 136 valence electrons. The van der Waals surface area contributed by atoms with Crippen molar-refractivity contribution >= 4 is 23.1 Å². The lowest BCUT2D eigenvalue weighted by Crippen LogP contribution is -2.40. The lowest BCUT2D eigenvalue weighted by molar-refractivity contribution is 0.0509. The highest BCUT2D eigenvalue weighted by atomic mass is 32.1. The highest BCUT2D eigenvalue weighted by Gasteiger charge is 2.27. The van der Waals surface area contributed by atoms with Crippen LogP contribution in [0.2, 0.25) is 0 Å². The van der Waals surface area contributed by atoms with E-state index in [-0.39, 0.29) is 6.04 Å². The summed E-state index contributed by atoms with van der Waals surface area (Å²) in [6.07, 6.45) is 2.18. The summed E-state index contributed by atoms with van der Waals surface area (Å²) in [4.78, 5) is 18.4. The maximum atomic E-state index is 11.9. The number of carbonyl (C=O) groups is 1. The summed E-state index contributed by atoms with van der Waals surface area (Å²) in [7, 11) is 0. The lowest BCUT2D eigenvalue weighted by atomic mass is 10.1. The Kier molecular flexibility index (Phi) is 5.14. The summed E-state index contributed by atoms with van der Waals surface area (Å²) in [5, 5.41) is 15.3. The van der Waals surface area contributed by atoms with Crippen molar-refractivity contribution in [1.82, 2.24) is 10.3 Å². The van der Waals surface area contributed by atoms with Crippen LogP contribution in [0.5, 0.6) is 0 Å². The van der Waals surface area contributed by atoms with Crippen LogP contribution in [-0.2, 0) is 4.74 Å². The van der Waals surface area contributed by atoms with Gasteiger partial charge in [-0.1, -0.05) is 0 Å². The molecule has 0 aliphatic carbocycles. The number of hydrogen-bond donors (Lipinski definition) is 1. The Bertz CT molecular complexity index is 821. The van der Waals surface area contributed by atoms with E-state index in [1.165, 1.54) is 0 Å². The Hall–Kier alpha value is -2.59. The van der Waals surface area contributed by atoms with Gasteiger partial charge in [-0.15, -0.1) is 11.3 Å². The van der Waals surface area contributed by atoms with E-state index >= 15 is 0 Å². The molecular weight excluding hydrogens is 348 g/mol. The fourth-order valence-corrected chi connectivity index (χ4v) is 3.61. The number of alkyl carbamates (subject to hydrolysis) is 1. The van der Waals surface area contributed by atoms with Crippen molar-refractivity contribution in [2.75, 3.05) is 18.0 Å². The van der Waals surface area contributed by atoms with Crippen LogP contribution >= 0.6 is 11.3 Å². The number of hydrogen-bond acceptors (Lipinski definition) is 6. The number of amides is 1. The number of aromatic nitrogens is 1. The first-order chi connectivity index (χ1) is 12.4. The lowest BCUT2D eigenvalue weighted by Gasteiger charge is -2.23. The van der Waals surface area contributed by atoms with E-state index in [1.54, 1.807) is 17.5 Å². The topological polar surface area (TPSA) is 78.2 Å². The van der Waals surface area contributed by atoms with E-state index in [0.717, 1.165) is 29.2 Å². The molecule has 1 aliphatic rings. The van der Waals surface area contributed by atoms with Crippen LogP contribution in [0, 0.1) is 11.3 Å². The number of nitrogens with one attached hydrogen (secondary N) is 1. The Morgan fingerprint density at radius 3 is 2.92 bits per heavy atom. The molecule has 1 atom stereocenters. The molecule has 2 aromatic rings. The zero-order valence-electron chi connectivity index (χ0n) is 15.2. The number of nitriles is 1. The van der Waals surface area contributed by atoms with E-state index < -0.39 is 11.7 Å². The first-order valence-electron chi connectivity index (χ1n) is 8.54. The Morgan fingerprint density at radius 2 is 2.27 bits per heavy atom. The highest BCUT2D eigenvalue weighted by molar-refractivity contribution is 7.13. The van der Waals surface area contributed by atoms with Gasteiger partial charge in [0, 0.05) is 30.2 Å². The number of rotatable bonds is 3. The van der Waals surface area contributed by atoms with Crippen LogP contribution in [0.25, 0.3) is 10.6 Å². The van der Waals surface area contributed by atoms with Gasteiger partial charge in [-0.3, -0.25) is 0 Å². The number of thiazole rings is 1. The zero-order chi connectivity index (χ0) is 18.7. The average molecular weight is 370 g/mol. The molecule has 1 saturated heterocycles. The predicted octanol–water partition coefficient (Wildman–Crippen LogP) is 3.79. The van der Waals surface area contributed by atoms with Crippen LogP contribution < -0.4 is 10.2 Å². The summed E-state index contributed by atoms with van der Waals surface area (Å²) in [5.74, 6) is 0. The molecule has 1 aromatic carbocycles. The van der Waals surface area contributed by atoms with Gasteiger partial charge in [0.15, 0.2) is 0 Å². The standard InChI is InChI=1S/C19H22N4O2S/c1-19(2,3)25-18(24)22-15-6-8-23(12-15)16-5-4-13(10-14(16)11-20)17-21-7-9-26-17/h4-5,7,9-10,15H,6,8,12H2,1-3H3,(H,22,24)/t15-/m0/s1. The first kappa shape index (κ1) is 18.2. The fraction of sp³-hybridized carbons (Fsp3) is 0.421. The van der Waals surface area contributed by atoms with Crippen LogP contribution in [-0.4, -0.2) is 35.8 Å². The predicted molar refractivity (Wildman–Crippen MR) is 102 cm³/mol. The van der Waals surface area contributed by atoms with Gasteiger partial charge < -0.3 is 15.0 Å². The average Bonchev–Trinajstić information content (AvgIpc) is 3.24. The summed E-state index contributed by atoms with van der Waals surface area (Å²) in [6, 6.07) is 8.12. The third-order valence-corrected chi connectivity index (χ3v) is 4.87. The molecule has 0 unspecified atom stereocenters. The van der Waals surface area contributed by atoms with Gasteiger partial charge in [-0.2, -0.15) is 5.26 Å². The van der Waals surface area contributed by atoms with Crippen molar-refractivity contribution in [2.24, 2.45) is 0 Å². The largest absolute Gasteiger partial charge is 0.444 e. The molecule has 1 N–H and O–H groups in total.